The van der Waals surface area contributed by atoms with Gasteiger partial charge >= 0.3 is 0 Å². The highest BCUT2D eigenvalue weighted by molar-refractivity contribution is 6.69. The van der Waals surface area contributed by atoms with Gasteiger partial charge in [0.1, 0.15) is 16.7 Å². The van der Waals surface area contributed by atoms with E-state index in [4.69, 9.17) is 23.2 Å². The third kappa shape index (κ3) is 2.47. The Hall–Kier alpha value is -0.600. The number of hydrogen-bond donors (Lipinski definition) is 0. The largest absolute Gasteiger partial charge is 0.237 e. The van der Waals surface area contributed by atoms with Crippen LogP contribution in [-0.4, -0.2) is 11.1 Å². The molecule has 1 aromatic carbocycles. The van der Waals surface area contributed by atoms with Gasteiger partial charge in [-0.15, -0.1) is 11.6 Å². The molecule has 0 heterocycles. The summed E-state index contributed by atoms with van der Waals surface area (Å²) < 4.78 is 12.9. The summed E-state index contributed by atoms with van der Waals surface area (Å²) in [5.74, 6) is -0.309. The number of halogens is 3. The van der Waals surface area contributed by atoms with E-state index >= 15 is 0 Å². The molecule has 0 radical (unpaired) electrons. The molecule has 0 bridgehead atoms. The summed E-state index contributed by atoms with van der Waals surface area (Å²) in [5, 5.41) is 0.182. The number of alkyl halides is 1. The van der Waals surface area contributed by atoms with Gasteiger partial charge in [0.25, 0.3) is 0 Å². The Morgan fingerprint density at radius 3 is 2.67 bits per heavy atom. The maximum absolute atomic E-state index is 12.9. The monoisotopic (exact) mass is 205 g/mol. The molecule has 0 unspecified atom stereocenters. The molecule has 0 fully saturated rings. The van der Waals surface area contributed by atoms with Gasteiger partial charge in [-0.1, -0.05) is 23.7 Å². The van der Waals surface area contributed by atoms with Gasteiger partial charge in [0, 0.05) is 0 Å². The van der Waals surface area contributed by atoms with Crippen molar-refractivity contribution in [3.63, 3.8) is 0 Å². The van der Waals surface area contributed by atoms with E-state index in [1.54, 1.807) is 12.1 Å². The molecule has 0 amide bonds. The first-order valence-electron chi connectivity index (χ1n) is 3.27. The second kappa shape index (κ2) is 4.43. The Bertz CT molecular complexity index is 299. The highest BCUT2D eigenvalue weighted by atomic mass is 35.5. The molecule has 4 heteroatoms. The topological polar surface area (TPSA) is 12.4 Å². The minimum atomic E-state index is -0.402. The maximum Gasteiger partial charge on any atom is 0.148 e. The first-order valence-corrected chi connectivity index (χ1v) is 4.19. The Kier molecular flexibility index (Phi) is 3.50. The molecule has 1 nitrogen and oxygen atoms in total. The standard InChI is InChI=1S/C8H6Cl2FN/c9-5-8(10)12-7-4-2-1-3-6(7)11/h1-4H,5H2. The van der Waals surface area contributed by atoms with Crippen molar-refractivity contribution in [1.29, 1.82) is 0 Å². The van der Waals surface area contributed by atoms with Crippen LogP contribution in [0, 0.1) is 5.82 Å². The van der Waals surface area contributed by atoms with Crippen LogP contribution >= 0.6 is 23.2 Å². The van der Waals surface area contributed by atoms with Crippen LogP contribution in [0.2, 0.25) is 0 Å². The van der Waals surface area contributed by atoms with Gasteiger partial charge in [-0.2, -0.15) is 0 Å². The number of rotatable bonds is 2. The van der Waals surface area contributed by atoms with Crippen molar-refractivity contribution in [1.82, 2.24) is 0 Å². The Morgan fingerprint density at radius 1 is 1.42 bits per heavy atom. The summed E-state index contributed by atoms with van der Waals surface area (Å²) in [4.78, 5) is 3.75. The van der Waals surface area contributed by atoms with Gasteiger partial charge in [0.15, 0.2) is 0 Å². The molecule has 0 aromatic heterocycles. The molecule has 64 valence electrons. The Morgan fingerprint density at radius 2 is 2.08 bits per heavy atom. The van der Waals surface area contributed by atoms with E-state index in [9.17, 15) is 4.39 Å². The van der Waals surface area contributed by atoms with Crippen molar-refractivity contribution < 1.29 is 4.39 Å². The summed E-state index contributed by atoms with van der Waals surface area (Å²) in [6.07, 6.45) is 0. The average Bonchev–Trinajstić information content (AvgIpc) is 2.09. The lowest BCUT2D eigenvalue weighted by Gasteiger charge is -1.95. The lowest BCUT2D eigenvalue weighted by Crippen LogP contribution is -1.87. The summed E-state index contributed by atoms with van der Waals surface area (Å²) in [5.41, 5.74) is 0.211. The number of nitrogens with zero attached hydrogens (tertiary/aromatic N) is 1. The molecule has 0 aliphatic carbocycles. The number of hydrogen-bond acceptors (Lipinski definition) is 1. The molecular formula is C8H6Cl2FN. The van der Waals surface area contributed by atoms with E-state index in [-0.39, 0.29) is 16.7 Å². The highest BCUT2D eigenvalue weighted by Gasteiger charge is 1.98. The first kappa shape index (κ1) is 9.49. The third-order valence-electron chi connectivity index (χ3n) is 1.20. The fraction of sp³-hybridized carbons (Fsp3) is 0.125. The number of benzene rings is 1. The molecule has 0 aliphatic rings. The second-order valence-corrected chi connectivity index (χ2v) is 2.78. The molecule has 0 saturated carbocycles. The lowest BCUT2D eigenvalue weighted by atomic mass is 10.3. The highest BCUT2D eigenvalue weighted by Crippen LogP contribution is 2.17. The first-order chi connectivity index (χ1) is 5.74. The van der Waals surface area contributed by atoms with Gasteiger partial charge in [0.05, 0.1) is 5.88 Å². The van der Waals surface area contributed by atoms with Crippen molar-refractivity contribution in [2.24, 2.45) is 4.99 Å². The van der Waals surface area contributed by atoms with Gasteiger partial charge in [-0.05, 0) is 12.1 Å². The van der Waals surface area contributed by atoms with Crippen molar-refractivity contribution in [2.45, 2.75) is 0 Å². The smallest absolute Gasteiger partial charge is 0.148 e. The third-order valence-corrected chi connectivity index (χ3v) is 1.81. The van der Waals surface area contributed by atoms with E-state index in [1.807, 2.05) is 0 Å². The Balaban J connectivity index is 2.96. The lowest BCUT2D eigenvalue weighted by molar-refractivity contribution is 0.630. The predicted octanol–water partition coefficient (Wildman–Crippen LogP) is 3.33. The molecule has 1 aromatic rings. The quantitative estimate of drug-likeness (QED) is 0.519. The van der Waals surface area contributed by atoms with Crippen LogP contribution in [0.3, 0.4) is 0 Å². The van der Waals surface area contributed by atoms with E-state index in [2.05, 4.69) is 4.99 Å². The molecular weight excluding hydrogens is 200 g/mol. The Labute approximate surface area is 79.8 Å². The van der Waals surface area contributed by atoms with Crippen LogP contribution in [0.15, 0.2) is 29.3 Å². The van der Waals surface area contributed by atoms with E-state index in [0.717, 1.165) is 0 Å². The summed E-state index contributed by atoms with van der Waals surface area (Å²) in [6, 6.07) is 6.12. The van der Waals surface area contributed by atoms with Crippen molar-refractivity contribution in [2.75, 3.05) is 5.88 Å². The summed E-state index contributed by atoms with van der Waals surface area (Å²) >= 11 is 10.9. The molecule has 0 spiro atoms. The van der Waals surface area contributed by atoms with Gasteiger partial charge in [-0.3, -0.25) is 0 Å². The zero-order valence-corrected chi connectivity index (χ0v) is 7.61. The fourth-order valence-corrected chi connectivity index (χ4v) is 0.854. The molecule has 0 atom stereocenters. The van der Waals surface area contributed by atoms with Crippen LogP contribution in [0.4, 0.5) is 10.1 Å². The van der Waals surface area contributed by atoms with Crippen LogP contribution in [0.1, 0.15) is 0 Å². The molecule has 1 rings (SSSR count). The normalized spacial score (nSPS) is 11.8. The second-order valence-electron chi connectivity index (χ2n) is 2.07. The molecule has 12 heavy (non-hydrogen) atoms. The molecule has 0 aliphatic heterocycles. The van der Waals surface area contributed by atoms with E-state index < -0.39 is 5.82 Å². The predicted molar refractivity (Wildman–Crippen MR) is 50.1 cm³/mol. The summed E-state index contributed by atoms with van der Waals surface area (Å²) in [6.45, 7) is 0. The average molecular weight is 206 g/mol. The minimum absolute atomic E-state index is 0.0931. The number of para-hydroxylation sites is 1. The zero-order chi connectivity index (χ0) is 8.97. The minimum Gasteiger partial charge on any atom is -0.237 e. The van der Waals surface area contributed by atoms with Crippen molar-refractivity contribution >= 4 is 34.1 Å². The fourth-order valence-electron chi connectivity index (χ4n) is 0.703. The van der Waals surface area contributed by atoms with E-state index in [1.165, 1.54) is 12.1 Å². The van der Waals surface area contributed by atoms with Crippen molar-refractivity contribution in [3.05, 3.63) is 30.1 Å². The van der Waals surface area contributed by atoms with E-state index in [0.29, 0.717) is 0 Å². The van der Waals surface area contributed by atoms with Crippen LogP contribution in [0.25, 0.3) is 0 Å². The molecule has 0 saturated heterocycles. The van der Waals surface area contributed by atoms with Crippen LogP contribution in [0.5, 0.6) is 0 Å². The molecule has 0 N–H and O–H groups in total. The van der Waals surface area contributed by atoms with Crippen molar-refractivity contribution in [3.8, 4) is 0 Å². The van der Waals surface area contributed by atoms with Gasteiger partial charge in [-0.25, -0.2) is 9.38 Å². The SMILES string of the molecule is Fc1ccccc1N=C(Cl)CCl. The van der Waals surface area contributed by atoms with Crippen LogP contribution in [-0.2, 0) is 0 Å². The number of aliphatic imine (C=N–C) groups is 1. The van der Waals surface area contributed by atoms with Gasteiger partial charge < -0.3 is 0 Å². The maximum atomic E-state index is 12.9. The van der Waals surface area contributed by atoms with Crippen LogP contribution < -0.4 is 0 Å². The van der Waals surface area contributed by atoms with Gasteiger partial charge in [0.2, 0.25) is 0 Å². The zero-order valence-electron chi connectivity index (χ0n) is 6.10. The summed E-state index contributed by atoms with van der Waals surface area (Å²) in [7, 11) is 0.